The molecule has 2 atom stereocenters. The van der Waals surface area contributed by atoms with E-state index in [9.17, 15) is 13.6 Å². The van der Waals surface area contributed by atoms with Gasteiger partial charge in [0.05, 0.1) is 6.61 Å². The van der Waals surface area contributed by atoms with Crippen molar-refractivity contribution in [3.63, 3.8) is 0 Å². The maximum Gasteiger partial charge on any atom is 0.319 e. The Morgan fingerprint density at radius 1 is 1.50 bits per heavy atom. The van der Waals surface area contributed by atoms with E-state index in [0.717, 1.165) is 12.1 Å². The molecule has 5 heteroatoms. The number of benzene rings is 1. The zero-order valence-corrected chi connectivity index (χ0v) is 10.3. The van der Waals surface area contributed by atoms with Crippen molar-refractivity contribution in [1.82, 2.24) is 5.32 Å². The zero-order valence-electron chi connectivity index (χ0n) is 10.3. The van der Waals surface area contributed by atoms with E-state index in [2.05, 4.69) is 5.32 Å². The molecule has 1 aromatic carbocycles. The second-order valence-electron chi connectivity index (χ2n) is 4.42. The van der Waals surface area contributed by atoms with Crippen LogP contribution in [-0.4, -0.2) is 25.2 Å². The number of esters is 1. The highest BCUT2D eigenvalue weighted by Gasteiger charge is 2.53. The van der Waals surface area contributed by atoms with E-state index in [1.54, 1.807) is 6.92 Å². The summed E-state index contributed by atoms with van der Waals surface area (Å²) in [5, 5.41) is 3.05. The number of hydrogen-bond acceptors (Lipinski definition) is 3. The van der Waals surface area contributed by atoms with Crippen LogP contribution in [0.1, 0.15) is 19.4 Å². The van der Waals surface area contributed by atoms with Gasteiger partial charge in [0, 0.05) is 12.6 Å². The Kier molecular flexibility index (Phi) is 3.34. The third kappa shape index (κ3) is 1.79. The Labute approximate surface area is 104 Å². The Morgan fingerprint density at radius 2 is 2.22 bits per heavy atom. The molecule has 1 saturated heterocycles. The summed E-state index contributed by atoms with van der Waals surface area (Å²) in [4.78, 5) is 12.1. The molecule has 0 radical (unpaired) electrons. The van der Waals surface area contributed by atoms with E-state index >= 15 is 0 Å². The predicted octanol–water partition coefficient (Wildman–Crippen LogP) is 1.76. The minimum atomic E-state index is -0.949. The SMILES string of the molecule is CCOC(=O)C1(c2ccc(F)c(F)c2)CNC1C. The molecule has 1 aromatic rings. The molecule has 18 heavy (non-hydrogen) atoms. The van der Waals surface area contributed by atoms with Crippen LogP contribution >= 0.6 is 0 Å². The molecular formula is C13H15F2NO2. The Bertz CT molecular complexity index is 478. The third-order valence-electron chi connectivity index (χ3n) is 3.50. The molecule has 0 amide bonds. The van der Waals surface area contributed by atoms with Gasteiger partial charge in [0.25, 0.3) is 0 Å². The maximum atomic E-state index is 13.3. The number of halogens is 2. The van der Waals surface area contributed by atoms with Crippen LogP contribution in [0.25, 0.3) is 0 Å². The van der Waals surface area contributed by atoms with Crippen molar-refractivity contribution in [2.75, 3.05) is 13.2 Å². The number of carbonyl (C=O) groups is 1. The van der Waals surface area contributed by atoms with Crippen molar-refractivity contribution in [1.29, 1.82) is 0 Å². The van der Waals surface area contributed by atoms with Crippen LogP contribution in [-0.2, 0) is 14.9 Å². The zero-order chi connectivity index (χ0) is 13.3. The molecule has 1 fully saturated rings. The van der Waals surface area contributed by atoms with Crippen LogP contribution in [0.4, 0.5) is 8.78 Å². The highest BCUT2D eigenvalue weighted by molar-refractivity contribution is 5.86. The quantitative estimate of drug-likeness (QED) is 0.836. The van der Waals surface area contributed by atoms with E-state index in [4.69, 9.17) is 4.74 Å². The van der Waals surface area contributed by atoms with E-state index < -0.39 is 23.0 Å². The minimum Gasteiger partial charge on any atom is -0.465 e. The first-order chi connectivity index (χ1) is 8.52. The van der Waals surface area contributed by atoms with Crippen molar-refractivity contribution in [3.8, 4) is 0 Å². The van der Waals surface area contributed by atoms with E-state index in [1.165, 1.54) is 6.07 Å². The molecule has 1 aliphatic rings. The first-order valence-electron chi connectivity index (χ1n) is 5.88. The fourth-order valence-corrected chi connectivity index (χ4v) is 2.26. The standard InChI is InChI=1S/C13H15F2NO2/c1-3-18-12(17)13(7-16-8(13)2)9-4-5-10(14)11(15)6-9/h4-6,8,16H,3,7H2,1-2H3. The lowest BCUT2D eigenvalue weighted by molar-refractivity contribution is -0.154. The average Bonchev–Trinajstić information content (AvgIpc) is 2.33. The molecule has 1 N–H and O–H groups in total. The predicted molar refractivity (Wildman–Crippen MR) is 62.1 cm³/mol. The van der Waals surface area contributed by atoms with Crippen LogP contribution in [0.15, 0.2) is 18.2 Å². The summed E-state index contributed by atoms with van der Waals surface area (Å²) < 4.78 is 31.3. The maximum absolute atomic E-state index is 13.3. The van der Waals surface area contributed by atoms with Gasteiger partial charge in [0.1, 0.15) is 5.41 Å². The summed E-state index contributed by atoms with van der Waals surface area (Å²) in [6.45, 7) is 4.17. The normalized spacial score (nSPS) is 26.6. The molecule has 3 nitrogen and oxygen atoms in total. The number of hydrogen-bond donors (Lipinski definition) is 1. The Balaban J connectivity index is 2.41. The van der Waals surface area contributed by atoms with Crippen molar-refractivity contribution < 1.29 is 18.3 Å². The molecular weight excluding hydrogens is 240 g/mol. The summed E-state index contributed by atoms with van der Waals surface area (Å²) in [5.41, 5.74) is -0.462. The summed E-state index contributed by atoms with van der Waals surface area (Å²) in [6, 6.07) is 3.38. The largest absolute Gasteiger partial charge is 0.465 e. The van der Waals surface area contributed by atoms with Crippen LogP contribution < -0.4 is 5.32 Å². The first kappa shape index (κ1) is 13.0. The molecule has 2 rings (SSSR count). The number of nitrogens with one attached hydrogen (secondary N) is 1. The van der Waals surface area contributed by atoms with Gasteiger partial charge in [-0.25, -0.2) is 8.78 Å². The second-order valence-corrected chi connectivity index (χ2v) is 4.42. The molecule has 0 spiro atoms. The fourth-order valence-electron chi connectivity index (χ4n) is 2.26. The van der Waals surface area contributed by atoms with Gasteiger partial charge in [-0.15, -0.1) is 0 Å². The van der Waals surface area contributed by atoms with Crippen LogP contribution in [0.3, 0.4) is 0 Å². The number of ether oxygens (including phenoxy) is 1. The van der Waals surface area contributed by atoms with Crippen LogP contribution in [0.2, 0.25) is 0 Å². The summed E-state index contributed by atoms with van der Waals surface area (Å²) >= 11 is 0. The second kappa shape index (κ2) is 4.65. The average molecular weight is 255 g/mol. The van der Waals surface area contributed by atoms with Crippen molar-refractivity contribution in [2.24, 2.45) is 0 Å². The van der Waals surface area contributed by atoms with E-state index in [0.29, 0.717) is 12.1 Å². The number of carbonyl (C=O) groups excluding carboxylic acids is 1. The van der Waals surface area contributed by atoms with Gasteiger partial charge in [-0.2, -0.15) is 0 Å². The van der Waals surface area contributed by atoms with Crippen molar-refractivity contribution in [3.05, 3.63) is 35.4 Å². The smallest absolute Gasteiger partial charge is 0.319 e. The lowest BCUT2D eigenvalue weighted by atomic mass is 9.69. The van der Waals surface area contributed by atoms with Crippen molar-refractivity contribution in [2.45, 2.75) is 25.3 Å². The molecule has 0 bridgehead atoms. The monoisotopic (exact) mass is 255 g/mol. The summed E-state index contributed by atoms with van der Waals surface area (Å²) in [6.07, 6.45) is 0. The molecule has 98 valence electrons. The minimum absolute atomic E-state index is 0.165. The van der Waals surface area contributed by atoms with E-state index in [1.807, 2.05) is 6.92 Å². The first-order valence-corrected chi connectivity index (χ1v) is 5.88. The van der Waals surface area contributed by atoms with Gasteiger partial charge in [0.15, 0.2) is 11.6 Å². The van der Waals surface area contributed by atoms with Gasteiger partial charge in [-0.1, -0.05) is 6.07 Å². The number of rotatable bonds is 3. The lowest BCUT2D eigenvalue weighted by Gasteiger charge is -2.46. The van der Waals surface area contributed by atoms with Gasteiger partial charge in [-0.05, 0) is 31.5 Å². The third-order valence-corrected chi connectivity index (χ3v) is 3.50. The summed E-state index contributed by atoms with van der Waals surface area (Å²) in [5.74, 6) is -2.27. The van der Waals surface area contributed by atoms with Crippen molar-refractivity contribution >= 4 is 5.97 Å². The van der Waals surface area contributed by atoms with E-state index in [-0.39, 0.29) is 12.6 Å². The van der Waals surface area contributed by atoms with Gasteiger partial charge in [-0.3, -0.25) is 4.79 Å². The molecule has 0 aromatic heterocycles. The fraction of sp³-hybridized carbons (Fsp3) is 0.462. The van der Waals surface area contributed by atoms with Crippen LogP contribution in [0.5, 0.6) is 0 Å². The Morgan fingerprint density at radius 3 is 2.67 bits per heavy atom. The van der Waals surface area contributed by atoms with Crippen LogP contribution in [0, 0.1) is 11.6 Å². The van der Waals surface area contributed by atoms with Gasteiger partial charge >= 0.3 is 5.97 Å². The topological polar surface area (TPSA) is 38.3 Å². The van der Waals surface area contributed by atoms with Gasteiger partial charge in [0.2, 0.25) is 0 Å². The summed E-state index contributed by atoms with van der Waals surface area (Å²) in [7, 11) is 0. The van der Waals surface area contributed by atoms with Gasteiger partial charge < -0.3 is 10.1 Å². The lowest BCUT2D eigenvalue weighted by Crippen LogP contribution is -2.68. The highest BCUT2D eigenvalue weighted by Crippen LogP contribution is 2.36. The molecule has 1 aliphatic heterocycles. The molecule has 2 unspecified atom stereocenters. The molecule has 1 heterocycles. The highest BCUT2D eigenvalue weighted by atomic mass is 19.2. The Hall–Kier alpha value is -1.49. The molecule has 0 aliphatic carbocycles. The molecule has 0 saturated carbocycles.